The molecule has 3 aromatic rings. The third-order valence-corrected chi connectivity index (χ3v) is 6.42. The molecule has 10 heteroatoms. The number of rotatable bonds is 7. The molecular formula is C28H35N3O7. The summed E-state index contributed by atoms with van der Waals surface area (Å²) in [6, 6.07) is 7.56. The highest BCUT2D eigenvalue weighted by molar-refractivity contribution is 5.88. The molecule has 1 saturated carbocycles. The van der Waals surface area contributed by atoms with Crippen LogP contribution >= 0.6 is 0 Å². The lowest BCUT2D eigenvalue weighted by molar-refractivity contribution is -0.140. The zero-order valence-corrected chi connectivity index (χ0v) is 22.7. The monoisotopic (exact) mass is 525 g/mol. The summed E-state index contributed by atoms with van der Waals surface area (Å²) < 4.78 is 18.0. The van der Waals surface area contributed by atoms with E-state index in [-0.39, 0.29) is 12.5 Å². The van der Waals surface area contributed by atoms with E-state index < -0.39 is 34.8 Å². The average Bonchev–Trinajstić information content (AvgIpc) is 3.12. The molecule has 0 aliphatic heterocycles. The molecule has 2 heterocycles. The fourth-order valence-electron chi connectivity index (χ4n) is 4.56. The summed E-state index contributed by atoms with van der Waals surface area (Å²) in [5.41, 5.74) is -0.571. The lowest BCUT2D eigenvalue weighted by Crippen LogP contribution is -2.44. The summed E-state index contributed by atoms with van der Waals surface area (Å²) in [5.74, 6) is -1.12. The van der Waals surface area contributed by atoms with E-state index in [9.17, 15) is 19.5 Å². The van der Waals surface area contributed by atoms with Gasteiger partial charge in [-0.3, -0.25) is 4.79 Å². The van der Waals surface area contributed by atoms with Crippen LogP contribution in [-0.4, -0.2) is 55.5 Å². The van der Waals surface area contributed by atoms with Gasteiger partial charge in [-0.25, -0.2) is 19.5 Å². The number of benzene rings is 1. The molecule has 2 atom stereocenters. The summed E-state index contributed by atoms with van der Waals surface area (Å²) in [4.78, 5) is 43.2. The Bertz CT molecular complexity index is 1320. The summed E-state index contributed by atoms with van der Waals surface area (Å²) in [6.07, 6.45) is 4.72. The van der Waals surface area contributed by atoms with Gasteiger partial charge in [0.25, 0.3) is 0 Å². The molecule has 2 aromatic heterocycles. The van der Waals surface area contributed by atoms with Gasteiger partial charge < -0.3 is 23.6 Å². The molecule has 0 bridgehead atoms. The second-order valence-electron chi connectivity index (χ2n) is 11.7. The maximum Gasteiger partial charge on any atom is 0.419 e. The summed E-state index contributed by atoms with van der Waals surface area (Å²) in [6.45, 7) is 10.4. The van der Waals surface area contributed by atoms with Gasteiger partial charge in [0.05, 0.1) is 18.3 Å². The maximum absolute atomic E-state index is 12.7. The number of nitrogens with zero attached hydrogens (tertiary/aromatic N) is 3. The minimum atomic E-state index is -1.10. The first-order valence-corrected chi connectivity index (χ1v) is 12.7. The van der Waals surface area contributed by atoms with Crippen molar-refractivity contribution in [2.75, 3.05) is 6.54 Å². The van der Waals surface area contributed by atoms with Crippen LogP contribution in [0.15, 0.2) is 47.5 Å². The fourth-order valence-corrected chi connectivity index (χ4v) is 4.56. The predicted molar refractivity (Wildman–Crippen MR) is 139 cm³/mol. The van der Waals surface area contributed by atoms with Crippen LogP contribution in [0.3, 0.4) is 0 Å². The van der Waals surface area contributed by atoms with Crippen molar-refractivity contribution in [1.82, 2.24) is 14.5 Å². The van der Waals surface area contributed by atoms with Crippen molar-refractivity contribution in [3.8, 4) is 5.69 Å². The van der Waals surface area contributed by atoms with E-state index >= 15 is 0 Å². The minimum absolute atomic E-state index is 0.0508. The number of amides is 2. The average molecular weight is 526 g/mol. The number of hydrogen-bond donors (Lipinski definition) is 1. The van der Waals surface area contributed by atoms with Gasteiger partial charge in [0.15, 0.2) is 0 Å². The summed E-state index contributed by atoms with van der Waals surface area (Å²) >= 11 is 0. The van der Waals surface area contributed by atoms with Crippen LogP contribution in [0.4, 0.5) is 9.59 Å². The maximum atomic E-state index is 12.7. The standard InChI is InChI=1S/C28H35N3O7/c1-26(2,3)37-24(34)31(25(35)38-27(4,5)6)12-7-8-19-15-28(19,23(32)33)22-16-30(17-29-22)20-9-10-21-18(14-20)11-13-36-21/h9-11,13-14,16-17,19H,7-8,12,15H2,1-6H3,(H,32,33)/t19-,28+/m0/s1. The molecule has 1 N–H and O–H groups in total. The SMILES string of the molecule is CC(C)(C)OC(=O)N(CCC[C@H]1C[C@]1(C(=O)O)c1cn(-c2ccc3occc3c2)cn1)C(=O)OC(C)(C)C. The molecule has 1 fully saturated rings. The number of carboxylic acids is 1. The van der Waals surface area contributed by atoms with Crippen LogP contribution in [0.25, 0.3) is 16.7 Å². The van der Waals surface area contributed by atoms with Gasteiger partial charge in [-0.15, -0.1) is 0 Å². The Labute approximate surface area is 221 Å². The number of carbonyl (C=O) groups excluding carboxylic acids is 2. The molecule has 1 aliphatic rings. The number of carboxylic acid groups (broad SMARTS) is 1. The van der Waals surface area contributed by atoms with Gasteiger partial charge in [0.1, 0.15) is 22.2 Å². The molecule has 204 valence electrons. The van der Waals surface area contributed by atoms with Crippen molar-refractivity contribution in [1.29, 1.82) is 0 Å². The van der Waals surface area contributed by atoms with E-state index in [4.69, 9.17) is 13.9 Å². The van der Waals surface area contributed by atoms with Crippen LogP contribution in [0.1, 0.15) is 66.5 Å². The van der Waals surface area contributed by atoms with E-state index in [2.05, 4.69) is 4.98 Å². The Kier molecular flexibility index (Phi) is 7.03. The van der Waals surface area contributed by atoms with Gasteiger partial charge in [-0.1, -0.05) is 0 Å². The topological polar surface area (TPSA) is 124 Å². The fraction of sp³-hybridized carbons (Fsp3) is 0.500. The van der Waals surface area contributed by atoms with E-state index in [1.807, 2.05) is 24.3 Å². The number of carbonyl (C=O) groups is 3. The van der Waals surface area contributed by atoms with Crippen LogP contribution in [0.5, 0.6) is 0 Å². The number of hydrogen-bond acceptors (Lipinski definition) is 7. The van der Waals surface area contributed by atoms with Crippen molar-refractivity contribution in [2.24, 2.45) is 5.92 Å². The quantitative estimate of drug-likeness (QED) is 0.403. The van der Waals surface area contributed by atoms with E-state index in [1.54, 1.807) is 64.9 Å². The minimum Gasteiger partial charge on any atom is -0.481 e. The number of furan rings is 1. The Balaban J connectivity index is 1.44. The van der Waals surface area contributed by atoms with Crippen molar-refractivity contribution in [2.45, 2.75) is 77.4 Å². The highest BCUT2D eigenvalue weighted by Gasteiger charge is 2.62. The Morgan fingerprint density at radius 3 is 2.37 bits per heavy atom. The number of ether oxygens (including phenoxy) is 2. The molecule has 0 radical (unpaired) electrons. The predicted octanol–water partition coefficient (Wildman–Crippen LogP) is 5.91. The lowest BCUT2D eigenvalue weighted by atomic mass is 9.97. The molecule has 1 aromatic carbocycles. The largest absolute Gasteiger partial charge is 0.481 e. The van der Waals surface area contributed by atoms with Crippen LogP contribution in [0, 0.1) is 5.92 Å². The molecule has 10 nitrogen and oxygen atoms in total. The van der Waals surface area contributed by atoms with Gasteiger partial charge >= 0.3 is 18.2 Å². The van der Waals surface area contributed by atoms with Gasteiger partial charge in [0, 0.05) is 23.8 Å². The molecule has 0 spiro atoms. The van der Waals surface area contributed by atoms with Gasteiger partial charge in [-0.05, 0) is 91.0 Å². The van der Waals surface area contributed by atoms with E-state index in [0.717, 1.165) is 21.6 Å². The molecule has 0 unspecified atom stereocenters. The van der Waals surface area contributed by atoms with E-state index in [1.165, 1.54) is 0 Å². The normalized spacial score (nSPS) is 19.3. The molecular weight excluding hydrogens is 490 g/mol. The third-order valence-electron chi connectivity index (χ3n) is 6.42. The van der Waals surface area contributed by atoms with Crippen molar-refractivity contribution in [3.05, 3.63) is 48.7 Å². The van der Waals surface area contributed by atoms with Gasteiger partial charge in [-0.2, -0.15) is 0 Å². The number of imide groups is 1. The lowest BCUT2D eigenvalue weighted by Gasteiger charge is -2.28. The molecule has 4 rings (SSSR count). The number of aliphatic carboxylic acids is 1. The smallest absolute Gasteiger partial charge is 0.419 e. The first-order chi connectivity index (χ1) is 17.7. The molecule has 0 saturated heterocycles. The zero-order valence-electron chi connectivity index (χ0n) is 22.7. The van der Waals surface area contributed by atoms with Crippen LogP contribution in [0.2, 0.25) is 0 Å². The van der Waals surface area contributed by atoms with Crippen molar-refractivity contribution < 1.29 is 33.4 Å². The number of aromatic nitrogens is 2. The van der Waals surface area contributed by atoms with Crippen molar-refractivity contribution in [3.63, 3.8) is 0 Å². The highest BCUT2D eigenvalue weighted by atomic mass is 16.6. The molecule has 1 aliphatic carbocycles. The molecule has 2 amide bonds. The van der Waals surface area contributed by atoms with E-state index in [0.29, 0.717) is 25.0 Å². The second-order valence-corrected chi connectivity index (χ2v) is 11.7. The Morgan fingerprint density at radius 2 is 1.76 bits per heavy atom. The number of imidazole rings is 1. The number of fused-ring (bicyclic) bond motifs is 1. The Morgan fingerprint density at radius 1 is 1.11 bits per heavy atom. The van der Waals surface area contributed by atoms with Gasteiger partial charge in [0.2, 0.25) is 0 Å². The zero-order chi connectivity index (χ0) is 27.9. The van der Waals surface area contributed by atoms with Crippen LogP contribution in [-0.2, 0) is 19.7 Å². The summed E-state index contributed by atoms with van der Waals surface area (Å²) in [5, 5.41) is 11.1. The van der Waals surface area contributed by atoms with Crippen LogP contribution < -0.4 is 0 Å². The first kappa shape index (κ1) is 27.2. The second kappa shape index (κ2) is 9.81. The molecule has 38 heavy (non-hydrogen) atoms. The third kappa shape index (κ3) is 5.84. The summed E-state index contributed by atoms with van der Waals surface area (Å²) in [7, 11) is 0. The first-order valence-electron chi connectivity index (χ1n) is 12.7. The van der Waals surface area contributed by atoms with Crippen molar-refractivity contribution >= 4 is 29.1 Å². The Hall–Kier alpha value is -3.82. The highest BCUT2D eigenvalue weighted by Crippen LogP contribution is 2.56.